The summed E-state index contributed by atoms with van der Waals surface area (Å²) in [6.45, 7) is 4.22. The Morgan fingerprint density at radius 2 is 2.38 bits per heavy atom. The first kappa shape index (κ1) is 10.2. The Balaban J connectivity index is 1.82. The van der Waals surface area contributed by atoms with Gasteiger partial charge < -0.3 is 10.1 Å². The molecule has 0 aromatic heterocycles. The van der Waals surface area contributed by atoms with Crippen LogP contribution in [0.5, 0.6) is 5.75 Å². The molecule has 1 fully saturated rings. The molecule has 86 valence electrons. The predicted octanol–water partition coefficient (Wildman–Crippen LogP) is 2.22. The van der Waals surface area contributed by atoms with Crippen molar-refractivity contribution in [1.82, 2.24) is 5.32 Å². The standard InChI is InChI=1S/C14H19NO/c1-10-7-11(9-13-3-2-5-15-13)8-12-4-6-16-14(10)12/h7-8,13,15H,2-6,9H2,1H3. The Morgan fingerprint density at radius 3 is 3.19 bits per heavy atom. The van der Waals surface area contributed by atoms with Gasteiger partial charge in [-0.25, -0.2) is 0 Å². The second-order valence-corrected chi connectivity index (χ2v) is 5.00. The van der Waals surface area contributed by atoms with Crippen molar-refractivity contribution in [1.29, 1.82) is 0 Å². The molecule has 1 aromatic carbocycles. The Hall–Kier alpha value is -1.02. The van der Waals surface area contributed by atoms with Crippen molar-refractivity contribution in [2.75, 3.05) is 13.2 Å². The van der Waals surface area contributed by atoms with Crippen molar-refractivity contribution < 1.29 is 4.74 Å². The molecule has 1 unspecified atom stereocenters. The third kappa shape index (κ3) is 1.82. The zero-order valence-corrected chi connectivity index (χ0v) is 9.88. The lowest BCUT2D eigenvalue weighted by atomic mass is 9.98. The summed E-state index contributed by atoms with van der Waals surface area (Å²) >= 11 is 0. The first-order chi connectivity index (χ1) is 7.83. The van der Waals surface area contributed by atoms with E-state index >= 15 is 0 Å². The molecule has 2 nitrogen and oxygen atoms in total. The van der Waals surface area contributed by atoms with Gasteiger partial charge in [-0.2, -0.15) is 0 Å². The van der Waals surface area contributed by atoms with E-state index in [9.17, 15) is 0 Å². The van der Waals surface area contributed by atoms with E-state index < -0.39 is 0 Å². The van der Waals surface area contributed by atoms with E-state index in [4.69, 9.17) is 4.74 Å². The maximum absolute atomic E-state index is 5.64. The Labute approximate surface area is 97.0 Å². The van der Waals surface area contributed by atoms with Gasteiger partial charge in [0, 0.05) is 12.5 Å². The molecular formula is C14H19NO. The second kappa shape index (κ2) is 4.10. The van der Waals surface area contributed by atoms with Crippen molar-refractivity contribution in [3.8, 4) is 5.75 Å². The van der Waals surface area contributed by atoms with Crippen LogP contribution in [-0.4, -0.2) is 19.2 Å². The second-order valence-electron chi connectivity index (χ2n) is 5.00. The molecule has 0 amide bonds. The van der Waals surface area contributed by atoms with Crippen LogP contribution < -0.4 is 10.1 Å². The van der Waals surface area contributed by atoms with Crippen LogP contribution in [0.1, 0.15) is 29.5 Å². The third-order valence-electron chi connectivity index (χ3n) is 3.67. The fourth-order valence-corrected chi connectivity index (χ4v) is 2.92. The quantitative estimate of drug-likeness (QED) is 0.820. The number of benzene rings is 1. The van der Waals surface area contributed by atoms with Crippen LogP contribution in [0.15, 0.2) is 12.1 Å². The molecule has 0 bridgehead atoms. The predicted molar refractivity (Wildman–Crippen MR) is 65.1 cm³/mol. The van der Waals surface area contributed by atoms with Gasteiger partial charge in [-0.1, -0.05) is 12.1 Å². The summed E-state index contributed by atoms with van der Waals surface area (Å²) in [7, 11) is 0. The molecule has 3 rings (SSSR count). The molecule has 0 spiro atoms. The molecular weight excluding hydrogens is 198 g/mol. The van der Waals surface area contributed by atoms with Crippen LogP contribution in [0.2, 0.25) is 0 Å². The van der Waals surface area contributed by atoms with Gasteiger partial charge in [0.05, 0.1) is 6.61 Å². The summed E-state index contributed by atoms with van der Waals surface area (Å²) in [6, 6.07) is 5.33. The molecule has 2 aliphatic rings. The fraction of sp³-hybridized carbons (Fsp3) is 0.571. The molecule has 1 N–H and O–H groups in total. The number of hydrogen-bond acceptors (Lipinski definition) is 2. The molecule has 1 saturated heterocycles. The molecule has 16 heavy (non-hydrogen) atoms. The van der Waals surface area contributed by atoms with Gasteiger partial charge in [0.2, 0.25) is 0 Å². The van der Waals surface area contributed by atoms with Crippen molar-refractivity contribution >= 4 is 0 Å². The molecule has 0 aliphatic carbocycles. The Bertz CT molecular complexity index is 394. The van der Waals surface area contributed by atoms with Crippen LogP contribution in [0.3, 0.4) is 0 Å². The third-order valence-corrected chi connectivity index (χ3v) is 3.67. The summed E-state index contributed by atoms with van der Waals surface area (Å²) < 4.78 is 5.64. The lowest BCUT2D eigenvalue weighted by Gasteiger charge is -2.12. The highest BCUT2D eigenvalue weighted by atomic mass is 16.5. The van der Waals surface area contributed by atoms with Gasteiger partial charge in [0.15, 0.2) is 0 Å². The average Bonchev–Trinajstić information content (AvgIpc) is 2.87. The van der Waals surface area contributed by atoms with E-state index in [2.05, 4.69) is 24.4 Å². The lowest BCUT2D eigenvalue weighted by molar-refractivity contribution is 0.354. The number of rotatable bonds is 2. The molecule has 2 heterocycles. The zero-order valence-electron chi connectivity index (χ0n) is 9.88. The summed E-state index contributed by atoms with van der Waals surface area (Å²) in [4.78, 5) is 0. The van der Waals surface area contributed by atoms with Crippen LogP contribution in [0.25, 0.3) is 0 Å². The van der Waals surface area contributed by atoms with Gasteiger partial charge in [-0.3, -0.25) is 0 Å². The summed E-state index contributed by atoms with van der Waals surface area (Å²) in [5.41, 5.74) is 4.19. The molecule has 0 radical (unpaired) electrons. The summed E-state index contributed by atoms with van der Waals surface area (Å²) in [5, 5.41) is 3.56. The number of fused-ring (bicyclic) bond motifs is 1. The van der Waals surface area contributed by atoms with E-state index in [1.807, 2.05) is 0 Å². The van der Waals surface area contributed by atoms with Crippen molar-refractivity contribution in [2.24, 2.45) is 0 Å². The number of nitrogens with one attached hydrogen (secondary N) is 1. The SMILES string of the molecule is Cc1cc(CC2CCCN2)cc2c1OCC2. The van der Waals surface area contributed by atoms with Crippen LogP contribution in [0, 0.1) is 6.92 Å². The number of ether oxygens (including phenoxy) is 1. The van der Waals surface area contributed by atoms with Gasteiger partial charge >= 0.3 is 0 Å². The van der Waals surface area contributed by atoms with E-state index in [1.165, 1.54) is 42.5 Å². The van der Waals surface area contributed by atoms with Gasteiger partial charge in [0.25, 0.3) is 0 Å². The first-order valence-corrected chi connectivity index (χ1v) is 6.31. The zero-order chi connectivity index (χ0) is 11.0. The topological polar surface area (TPSA) is 21.3 Å². The minimum Gasteiger partial charge on any atom is -0.493 e. The normalized spacial score (nSPS) is 23.2. The Morgan fingerprint density at radius 1 is 1.44 bits per heavy atom. The fourth-order valence-electron chi connectivity index (χ4n) is 2.92. The highest BCUT2D eigenvalue weighted by Gasteiger charge is 2.18. The maximum Gasteiger partial charge on any atom is 0.125 e. The summed E-state index contributed by atoms with van der Waals surface area (Å²) in [5.74, 6) is 1.14. The minimum absolute atomic E-state index is 0.694. The van der Waals surface area contributed by atoms with Crippen molar-refractivity contribution in [3.05, 3.63) is 28.8 Å². The molecule has 2 heteroatoms. The largest absolute Gasteiger partial charge is 0.493 e. The van der Waals surface area contributed by atoms with E-state index in [0.717, 1.165) is 18.8 Å². The number of hydrogen-bond donors (Lipinski definition) is 1. The monoisotopic (exact) mass is 217 g/mol. The summed E-state index contributed by atoms with van der Waals surface area (Å²) in [6.07, 6.45) is 4.92. The van der Waals surface area contributed by atoms with Gasteiger partial charge in [0.1, 0.15) is 5.75 Å². The van der Waals surface area contributed by atoms with E-state index in [1.54, 1.807) is 0 Å². The van der Waals surface area contributed by atoms with Crippen molar-refractivity contribution in [3.63, 3.8) is 0 Å². The Kier molecular flexibility index (Phi) is 2.60. The maximum atomic E-state index is 5.64. The first-order valence-electron chi connectivity index (χ1n) is 6.31. The average molecular weight is 217 g/mol. The van der Waals surface area contributed by atoms with Gasteiger partial charge in [-0.05, 0) is 49.4 Å². The van der Waals surface area contributed by atoms with Crippen LogP contribution in [-0.2, 0) is 12.8 Å². The van der Waals surface area contributed by atoms with Gasteiger partial charge in [-0.15, -0.1) is 0 Å². The number of aryl methyl sites for hydroxylation is 1. The minimum atomic E-state index is 0.694. The smallest absolute Gasteiger partial charge is 0.125 e. The molecule has 1 aromatic rings. The highest BCUT2D eigenvalue weighted by molar-refractivity contribution is 5.46. The van der Waals surface area contributed by atoms with E-state index in [0.29, 0.717) is 6.04 Å². The highest BCUT2D eigenvalue weighted by Crippen LogP contribution is 2.31. The molecule has 0 saturated carbocycles. The lowest BCUT2D eigenvalue weighted by Crippen LogP contribution is -2.23. The van der Waals surface area contributed by atoms with Crippen LogP contribution >= 0.6 is 0 Å². The van der Waals surface area contributed by atoms with Crippen molar-refractivity contribution in [2.45, 2.75) is 38.6 Å². The molecule has 2 aliphatic heterocycles. The molecule has 1 atom stereocenters. The van der Waals surface area contributed by atoms with Crippen LogP contribution in [0.4, 0.5) is 0 Å². The van der Waals surface area contributed by atoms with E-state index in [-0.39, 0.29) is 0 Å².